The van der Waals surface area contributed by atoms with Crippen LogP contribution in [0.4, 0.5) is 13.2 Å². The van der Waals surface area contributed by atoms with Gasteiger partial charge in [-0.05, 0) is 17.7 Å². The van der Waals surface area contributed by atoms with Crippen LogP contribution in [0.1, 0.15) is 5.56 Å². The summed E-state index contributed by atoms with van der Waals surface area (Å²) in [4.78, 5) is 11.5. The molecule has 0 fully saturated rings. The van der Waals surface area contributed by atoms with Gasteiger partial charge in [-0.25, -0.2) is 0 Å². The second-order valence-electron chi connectivity index (χ2n) is 4.37. The highest BCUT2D eigenvalue weighted by Crippen LogP contribution is 2.24. The molecular weight excluding hydrogens is 291 g/mol. The van der Waals surface area contributed by atoms with Crippen molar-refractivity contribution in [2.45, 2.75) is 12.7 Å². The highest BCUT2D eigenvalue weighted by molar-refractivity contribution is 5.69. The number of halogens is 3. The van der Waals surface area contributed by atoms with E-state index in [1.54, 1.807) is 6.07 Å². The third-order valence-electron chi connectivity index (χ3n) is 2.58. The molecule has 0 saturated carbocycles. The van der Waals surface area contributed by atoms with Crippen molar-refractivity contribution in [2.24, 2.45) is 0 Å². The average Bonchev–Trinajstić information content (AvgIpc) is 2.35. The normalized spacial score (nSPS) is 11.5. The number of ether oxygens (including phenoxy) is 2. The summed E-state index contributed by atoms with van der Waals surface area (Å²) >= 11 is 0. The molecule has 8 heteroatoms. The molecule has 1 aromatic carbocycles. The Kier molecular flexibility index (Phi) is 5.83. The third kappa shape index (κ3) is 6.35. The van der Waals surface area contributed by atoms with Gasteiger partial charge in [-0.3, -0.25) is 9.69 Å². The topological polar surface area (TPSA) is 59.0 Å². The quantitative estimate of drug-likeness (QED) is 0.836. The lowest BCUT2D eigenvalue weighted by Gasteiger charge is -2.22. The summed E-state index contributed by atoms with van der Waals surface area (Å²) < 4.78 is 47.4. The standard InChI is InChI=1S/C13H16F3NO4/c1-20-10-3-9(4-11(5-10)21-2)6-17(7-12(18)19)8-13(14,15)16/h3-5H,6-8H2,1-2H3,(H,18,19). The number of carbonyl (C=O) groups is 1. The molecule has 5 nitrogen and oxygen atoms in total. The van der Waals surface area contributed by atoms with E-state index in [9.17, 15) is 18.0 Å². The lowest BCUT2D eigenvalue weighted by molar-refractivity contribution is -0.154. The number of hydrogen-bond acceptors (Lipinski definition) is 4. The first kappa shape index (κ1) is 17.1. The van der Waals surface area contributed by atoms with E-state index in [0.717, 1.165) is 4.90 Å². The Morgan fingerprint density at radius 1 is 1.19 bits per heavy atom. The maximum absolute atomic E-state index is 12.5. The van der Waals surface area contributed by atoms with Gasteiger partial charge < -0.3 is 14.6 Å². The summed E-state index contributed by atoms with van der Waals surface area (Å²) in [6.45, 7) is -2.20. The number of nitrogens with zero attached hydrogens (tertiary/aromatic N) is 1. The van der Waals surface area contributed by atoms with E-state index in [1.165, 1.54) is 26.4 Å². The molecule has 0 aromatic heterocycles. The zero-order valence-electron chi connectivity index (χ0n) is 11.6. The molecule has 0 radical (unpaired) electrons. The first-order valence-corrected chi connectivity index (χ1v) is 5.96. The first-order chi connectivity index (χ1) is 9.73. The second-order valence-corrected chi connectivity index (χ2v) is 4.37. The molecule has 118 valence electrons. The summed E-state index contributed by atoms with van der Waals surface area (Å²) in [5.74, 6) is -0.479. The largest absolute Gasteiger partial charge is 0.497 e. The van der Waals surface area contributed by atoms with Crippen molar-refractivity contribution in [3.63, 3.8) is 0 Å². The third-order valence-corrected chi connectivity index (χ3v) is 2.58. The molecule has 1 N–H and O–H groups in total. The predicted octanol–water partition coefficient (Wildman–Crippen LogP) is 2.15. The minimum atomic E-state index is -4.47. The van der Waals surface area contributed by atoms with Gasteiger partial charge in [0, 0.05) is 12.6 Å². The van der Waals surface area contributed by atoms with Crippen LogP contribution < -0.4 is 9.47 Å². The molecule has 0 bridgehead atoms. The number of aliphatic carboxylic acids is 1. The zero-order chi connectivity index (χ0) is 16.0. The zero-order valence-corrected chi connectivity index (χ0v) is 11.6. The van der Waals surface area contributed by atoms with Gasteiger partial charge >= 0.3 is 12.1 Å². The van der Waals surface area contributed by atoms with Crippen LogP contribution in [-0.2, 0) is 11.3 Å². The van der Waals surface area contributed by atoms with Gasteiger partial charge in [0.05, 0.1) is 27.3 Å². The van der Waals surface area contributed by atoms with Crippen molar-refractivity contribution in [2.75, 3.05) is 27.3 Å². The maximum Gasteiger partial charge on any atom is 0.401 e. The minimum Gasteiger partial charge on any atom is -0.497 e. The van der Waals surface area contributed by atoms with Crippen molar-refractivity contribution in [3.05, 3.63) is 23.8 Å². The fraction of sp³-hybridized carbons (Fsp3) is 0.462. The van der Waals surface area contributed by atoms with Crippen LogP contribution in [-0.4, -0.2) is 49.5 Å². The second kappa shape index (κ2) is 7.16. The molecular formula is C13H16F3NO4. The molecule has 0 atom stereocenters. The van der Waals surface area contributed by atoms with Crippen molar-refractivity contribution in [1.29, 1.82) is 0 Å². The number of benzene rings is 1. The van der Waals surface area contributed by atoms with Crippen LogP contribution in [0.25, 0.3) is 0 Å². The van der Waals surface area contributed by atoms with E-state index in [-0.39, 0.29) is 6.54 Å². The van der Waals surface area contributed by atoms with Gasteiger partial charge in [0.2, 0.25) is 0 Å². The average molecular weight is 307 g/mol. The molecule has 0 amide bonds. The van der Waals surface area contributed by atoms with E-state index in [1.807, 2.05) is 0 Å². The lowest BCUT2D eigenvalue weighted by Crippen LogP contribution is -2.37. The maximum atomic E-state index is 12.5. The Morgan fingerprint density at radius 3 is 2.10 bits per heavy atom. The van der Waals surface area contributed by atoms with Crippen LogP contribution in [0, 0.1) is 0 Å². The molecule has 0 spiro atoms. The molecule has 0 aliphatic rings. The fourth-order valence-electron chi connectivity index (χ4n) is 1.83. The number of alkyl halides is 3. The van der Waals surface area contributed by atoms with Crippen LogP contribution in [0.3, 0.4) is 0 Å². The minimum absolute atomic E-state index is 0.181. The highest BCUT2D eigenvalue weighted by Gasteiger charge is 2.31. The SMILES string of the molecule is COc1cc(CN(CC(=O)O)CC(F)(F)F)cc(OC)c1. The smallest absolute Gasteiger partial charge is 0.401 e. The number of carboxylic acids is 1. The Labute approximate surface area is 119 Å². The van der Waals surface area contributed by atoms with Gasteiger partial charge in [-0.1, -0.05) is 0 Å². The van der Waals surface area contributed by atoms with Crippen LogP contribution in [0.15, 0.2) is 18.2 Å². The van der Waals surface area contributed by atoms with E-state index in [4.69, 9.17) is 14.6 Å². The fourth-order valence-corrected chi connectivity index (χ4v) is 1.83. The lowest BCUT2D eigenvalue weighted by atomic mass is 10.2. The van der Waals surface area contributed by atoms with Crippen molar-refractivity contribution in [1.82, 2.24) is 4.90 Å². The Bertz CT molecular complexity index is 469. The van der Waals surface area contributed by atoms with Crippen molar-refractivity contribution < 1.29 is 32.5 Å². The molecule has 0 unspecified atom stereocenters. The molecule has 0 aliphatic heterocycles. The van der Waals surface area contributed by atoms with E-state index in [0.29, 0.717) is 17.1 Å². The van der Waals surface area contributed by atoms with E-state index >= 15 is 0 Å². The molecule has 1 aromatic rings. The Balaban J connectivity index is 2.93. The van der Waals surface area contributed by atoms with Crippen molar-refractivity contribution >= 4 is 5.97 Å². The number of methoxy groups -OCH3 is 2. The highest BCUT2D eigenvalue weighted by atomic mass is 19.4. The first-order valence-electron chi connectivity index (χ1n) is 5.96. The Hall–Kier alpha value is -1.96. The van der Waals surface area contributed by atoms with Gasteiger partial charge in [-0.15, -0.1) is 0 Å². The summed E-state index contributed by atoms with van der Waals surface area (Å²) in [6.07, 6.45) is -4.47. The summed E-state index contributed by atoms with van der Waals surface area (Å²) in [5, 5.41) is 8.70. The summed E-state index contributed by atoms with van der Waals surface area (Å²) in [6, 6.07) is 4.65. The van der Waals surface area contributed by atoms with Crippen LogP contribution in [0.5, 0.6) is 11.5 Å². The van der Waals surface area contributed by atoms with Gasteiger partial charge in [-0.2, -0.15) is 13.2 Å². The van der Waals surface area contributed by atoms with Gasteiger partial charge in [0.15, 0.2) is 0 Å². The van der Waals surface area contributed by atoms with E-state index in [2.05, 4.69) is 0 Å². The predicted molar refractivity (Wildman–Crippen MR) is 68.5 cm³/mol. The molecule has 1 rings (SSSR count). The molecule has 0 saturated heterocycles. The van der Waals surface area contributed by atoms with Crippen LogP contribution in [0.2, 0.25) is 0 Å². The monoisotopic (exact) mass is 307 g/mol. The summed E-state index contributed by atoms with van der Waals surface area (Å²) in [5.41, 5.74) is 0.469. The van der Waals surface area contributed by atoms with Crippen LogP contribution >= 0.6 is 0 Å². The molecule has 21 heavy (non-hydrogen) atoms. The van der Waals surface area contributed by atoms with Gasteiger partial charge in [0.25, 0.3) is 0 Å². The number of carboxylic acid groups (broad SMARTS) is 1. The van der Waals surface area contributed by atoms with Crippen molar-refractivity contribution in [3.8, 4) is 11.5 Å². The number of hydrogen-bond donors (Lipinski definition) is 1. The number of rotatable bonds is 7. The van der Waals surface area contributed by atoms with Gasteiger partial charge in [0.1, 0.15) is 11.5 Å². The van der Waals surface area contributed by atoms with E-state index < -0.39 is 25.2 Å². The Morgan fingerprint density at radius 2 is 1.71 bits per heavy atom. The molecule has 0 heterocycles. The molecule has 0 aliphatic carbocycles. The summed E-state index contributed by atoms with van der Waals surface area (Å²) in [7, 11) is 2.84.